The van der Waals surface area contributed by atoms with Gasteiger partial charge in [-0.05, 0) is 20.3 Å². The van der Waals surface area contributed by atoms with E-state index in [9.17, 15) is 9.59 Å². The van der Waals surface area contributed by atoms with Gasteiger partial charge >= 0.3 is 11.7 Å². The zero-order chi connectivity index (χ0) is 13.5. The second kappa shape index (κ2) is 7.25. The summed E-state index contributed by atoms with van der Waals surface area (Å²) < 4.78 is 6.57. The number of nitrogens with zero attached hydrogens (tertiary/aromatic N) is 2. The molecule has 0 aromatic carbocycles. The minimum Gasteiger partial charge on any atom is -0.462 e. The van der Waals surface area contributed by atoms with Crippen LogP contribution >= 0.6 is 11.8 Å². The van der Waals surface area contributed by atoms with E-state index in [1.807, 2.05) is 0 Å². The van der Waals surface area contributed by atoms with Gasteiger partial charge in [0.15, 0.2) is 5.16 Å². The summed E-state index contributed by atoms with van der Waals surface area (Å²) in [5.41, 5.74) is -0.233. The van der Waals surface area contributed by atoms with Crippen molar-refractivity contribution in [3.63, 3.8) is 0 Å². The summed E-state index contributed by atoms with van der Waals surface area (Å²) in [6, 6.07) is 0. The third-order valence-electron chi connectivity index (χ3n) is 2.14. The van der Waals surface area contributed by atoms with Crippen LogP contribution < -0.4 is 5.69 Å². The van der Waals surface area contributed by atoms with Crippen LogP contribution in [-0.4, -0.2) is 32.6 Å². The molecule has 0 spiro atoms. The van der Waals surface area contributed by atoms with Crippen LogP contribution in [-0.2, 0) is 16.1 Å². The van der Waals surface area contributed by atoms with Crippen LogP contribution in [0.2, 0.25) is 0 Å². The first-order valence-electron chi connectivity index (χ1n) is 6.02. The molecule has 0 aliphatic heterocycles. The molecule has 0 aliphatic rings. The van der Waals surface area contributed by atoms with Gasteiger partial charge in [-0.15, -0.1) is 5.10 Å². The lowest BCUT2D eigenvalue weighted by Crippen LogP contribution is -2.18. The van der Waals surface area contributed by atoms with Crippen LogP contribution in [0.15, 0.2) is 9.95 Å². The number of ether oxygens (including phenoxy) is 1. The molecular weight excluding hydrogens is 254 g/mol. The lowest BCUT2D eigenvalue weighted by atomic mass is 10.3. The Bertz CT molecular complexity index is 439. The number of esters is 1. The molecular formula is C11H19N3O3S. The molecule has 1 heterocycles. The van der Waals surface area contributed by atoms with Crippen molar-refractivity contribution in [1.82, 2.24) is 14.8 Å². The Balaban J connectivity index is 2.56. The summed E-state index contributed by atoms with van der Waals surface area (Å²) in [7, 11) is 0. The van der Waals surface area contributed by atoms with Crippen molar-refractivity contribution in [3.8, 4) is 0 Å². The lowest BCUT2D eigenvalue weighted by Gasteiger charge is -2.07. The first kappa shape index (κ1) is 14.8. The highest BCUT2D eigenvalue weighted by atomic mass is 32.2. The minimum absolute atomic E-state index is 0.125. The number of unbranched alkanes of at least 4 members (excludes halogenated alkanes) is 1. The maximum absolute atomic E-state index is 11.5. The summed E-state index contributed by atoms with van der Waals surface area (Å²) >= 11 is 1.21. The van der Waals surface area contributed by atoms with Crippen molar-refractivity contribution >= 4 is 17.7 Å². The Morgan fingerprint density at radius 3 is 2.89 bits per heavy atom. The SMILES string of the molecule is CCCCn1c(SCC(=O)OC(C)C)n[nH]c1=O. The molecule has 6 nitrogen and oxygen atoms in total. The number of thioether (sulfide) groups is 1. The average Bonchev–Trinajstić information content (AvgIpc) is 2.64. The zero-order valence-corrected chi connectivity index (χ0v) is 11.7. The number of aromatic amines is 1. The Morgan fingerprint density at radius 1 is 1.56 bits per heavy atom. The highest BCUT2D eigenvalue weighted by Gasteiger charge is 2.12. The van der Waals surface area contributed by atoms with Gasteiger partial charge in [0.1, 0.15) is 0 Å². The molecule has 1 rings (SSSR count). The smallest absolute Gasteiger partial charge is 0.343 e. The molecule has 1 aromatic rings. The topological polar surface area (TPSA) is 77.0 Å². The van der Waals surface area contributed by atoms with Crippen LogP contribution in [0.1, 0.15) is 33.6 Å². The predicted octanol–water partition coefficient (Wildman–Crippen LogP) is 1.42. The van der Waals surface area contributed by atoms with Gasteiger partial charge in [-0.3, -0.25) is 9.36 Å². The number of hydrogen-bond donors (Lipinski definition) is 1. The molecule has 102 valence electrons. The largest absolute Gasteiger partial charge is 0.462 e. The second-order valence-electron chi connectivity index (χ2n) is 4.14. The number of nitrogens with one attached hydrogen (secondary N) is 1. The van der Waals surface area contributed by atoms with Crippen molar-refractivity contribution in [2.75, 3.05) is 5.75 Å². The molecule has 0 unspecified atom stereocenters. The number of H-pyrrole nitrogens is 1. The predicted molar refractivity (Wildman–Crippen MR) is 69.7 cm³/mol. The molecule has 0 fully saturated rings. The molecule has 0 aliphatic carbocycles. The molecule has 7 heteroatoms. The van der Waals surface area contributed by atoms with E-state index in [1.54, 1.807) is 18.4 Å². The highest BCUT2D eigenvalue weighted by Crippen LogP contribution is 2.14. The van der Waals surface area contributed by atoms with Crippen LogP contribution in [0.5, 0.6) is 0 Å². The van der Waals surface area contributed by atoms with Gasteiger partial charge in [0.25, 0.3) is 0 Å². The van der Waals surface area contributed by atoms with Gasteiger partial charge in [-0.25, -0.2) is 9.89 Å². The maximum atomic E-state index is 11.5. The fraction of sp³-hybridized carbons (Fsp3) is 0.727. The van der Waals surface area contributed by atoms with Gasteiger partial charge in [0, 0.05) is 6.54 Å². The molecule has 18 heavy (non-hydrogen) atoms. The van der Waals surface area contributed by atoms with Gasteiger partial charge in [0.05, 0.1) is 11.9 Å². The normalized spacial score (nSPS) is 10.9. The van der Waals surface area contributed by atoms with Crippen LogP contribution in [0.3, 0.4) is 0 Å². The second-order valence-corrected chi connectivity index (χ2v) is 5.09. The highest BCUT2D eigenvalue weighted by molar-refractivity contribution is 7.99. The number of carbonyl (C=O) groups is 1. The van der Waals surface area contributed by atoms with E-state index < -0.39 is 0 Å². The van der Waals surface area contributed by atoms with E-state index in [0.717, 1.165) is 12.8 Å². The van der Waals surface area contributed by atoms with Crippen molar-refractivity contribution in [2.45, 2.75) is 51.4 Å². The quantitative estimate of drug-likeness (QED) is 0.600. The summed E-state index contributed by atoms with van der Waals surface area (Å²) in [4.78, 5) is 22.9. The van der Waals surface area contributed by atoms with Crippen molar-refractivity contribution in [2.24, 2.45) is 0 Å². The molecule has 0 radical (unpaired) electrons. The van der Waals surface area contributed by atoms with E-state index in [4.69, 9.17) is 4.74 Å². The summed E-state index contributed by atoms with van der Waals surface area (Å²) in [6.07, 6.45) is 1.78. The molecule has 1 N–H and O–H groups in total. The lowest BCUT2D eigenvalue weighted by molar-refractivity contribution is -0.144. The van der Waals surface area contributed by atoms with E-state index >= 15 is 0 Å². The van der Waals surface area contributed by atoms with Crippen molar-refractivity contribution in [3.05, 3.63) is 10.5 Å². The number of carbonyl (C=O) groups excluding carboxylic acids is 1. The van der Waals surface area contributed by atoms with Gasteiger partial charge in [0.2, 0.25) is 0 Å². The number of rotatable bonds is 7. The molecule has 0 atom stereocenters. The zero-order valence-electron chi connectivity index (χ0n) is 10.9. The standard InChI is InChI=1S/C11H19N3O3S/c1-4-5-6-14-10(16)12-13-11(14)18-7-9(15)17-8(2)3/h8H,4-7H2,1-3H3,(H,12,16). The van der Waals surface area contributed by atoms with E-state index in [1.165, 1.54) is 11.8 Å². The van der Waals surface area contributed by atoms with Gasteiger partial charge < -0.3 is 4.74 Å². The van der Waals surface area contributed by atoms with E-state index in [0.29, 0.717) is 11.7 Å². The molecule has 0 saturated heterocycles. The minimum atomic E-state index is -0.299. The first-order chi connectivity index (χ1) is 8.54. The third-order valence-corrected chi connectivity index (χ3v) is 3.09. The summed E-state index contributed by atoms with van der Waals surface area (Å²) in [5, 5.41) is 6.83. The summed E-state index contributed by atoms with van der Waals surface area (Å²) in [6.45, 7) is 6.27. The molecule has 0 saturated carbocycles. The molecule has 1 aromatic heterocycles. The fourth-order valence-electron chi connectivity index (χ4n) is 1.35. The van der Waals surface area contributed by atoms with E-state index in [-0.39, 0.29) is 23.5 Å². The maximum Gasteiger partial charge on any atom is 0.343 e. The van der Waals surface area contributed by atoms with Crippen LogP contribution in [0.4, 0.5) is 0 Å². The fourth-order valence-corrected chi connectivity index (χ4v) is 2.10. The number of aromatic nitrogens is 3. The van der Waals surface area contributed by atoms with Crippen LogP contribution in [0, 0.1) is 0 Å². The Kier molecular flexibility index (Phi) is 5.97. The Hall–Kier alpha value is -1.24. The molecule has 0 amide bonds. The Labute approximate surface area is 110 Å². The monoisotopic (exact) mass is 273 g/mol. The third kappa shape index (κ3) is 4.56. The molecule has 0 bridgehead atoms. The van der Waals surface area contributed by atoms with E-state index in [2.05, 4.69) is 17.1 Å². The van der Waals surface area contributed by atoms with Gasteiger partial charge in [-0.2, -0.15) is 0 Å². The van der Waals surface area contributed by atoms with Crippen molar-refractivity contribution < 1.29 is 9.53 Å². The van der Waals surface area contributed by atoms with Crippen molar-refractivity contribution in [1.29, 1.82) is 0 Å². The number of hydrogen-bond acceptors (Lipinski definition) is 5. The van der Waals surface area contributed by atoms with Crippen LogP contribution in [0.25, 0.3) is 0 Å². The summed E-state index contributed by atoms with van der Waals surface area (Å²) in [5.74, 6) is -0.137. The average molecular weight is 273 g/mol. The van der Waals surface area contributed by atoms with Gasteiger partial charge in [-0.1, -0.05) is 25.1 Å². The first-order valence-corrected chi connectivity index (χ1v) is 7.00. The Morgan fingerprint density at radius 2 is 2.28 bits per heavy atom.